The highest BCUT2D eigenvalue weighted by atomic mass is 15.0. The summed E-state index contributed by atoms with van der Waals surface area (Å²) < 4.78 is 9.77. The fraction of sp³-hybridized carbons (Fsp3) is 0.0545. The molecule has 25 rings (SSSR count). The van der Waals surface area contributed by atoms with Gasteiger partial charge < -0.3 is 18.3 Å². The molecule has 0 amide bonds. The highest BCUT2D eigenvalue weighted by Gasteiger charge is 2.38. The predicted octanol–water partition coefficient (Wildman–Crippen LogP) is 28.6. The molecule has 0 aliphatic heterocycles. The number of hydrogen-bond acceptors (Lipinski definition) is 2. The third kappa shape index (κ3) is 9.12. The van der Waals surface area contributed by atoms with Crippen LogP contribution in [-0.2, 0) is 10.8 Å². The van der Waals surface area contributed by atoms with Crippen molar-refractivity contribution < 1.29 is 0 Å². The molecule has 0 N–H and O–H groups in total. The van der Waals surface area contributed by atoms with E-state index in [0.717, 1.165) is 67.2 Å². The van der Waals surface area contributed by atoms with E-state index in [0.29, 0.717) is 5.82 Å². The lowest BCUT2D eigenvalue weighted by Gasteiger charge is -2.22. The molecule has 6 heteroatoms. The molecule has 116 heavy (non-hydrogen) atoms. The summed E-state index contributed by atoms with van der Waals surface area (Å²) in [6, 6.07) is 136. The Kier molecular flexibility index (Phi) is 13.4. The van der Waals surface area contributed by atoms with Crippen molar-refractivity contribution in [2.24, 2.45) is 0 Å². The van der Waals surface area contributed by atoms with Gasteiger partial charge in [-0.25, -0.2) is 9.97 Å². The lowest BCUT2D eigenvalue weighted by Crippen LogP contribution is -2.15. The average molecular weight is 1480 g/mol. The maximum absolute atomic E-state index is 5.67. The van der Waals surface area contributed by atoms with E-state index in [2.05, 4.69) is 410 Å². The minimum absolute atomic E-state index is 0.0964. The zero-order valence-corrected chi connectivity index (χ0v) is 64.3. The third-order valence-corrected chi connectivity index (χ3v) is 26.3. The van der Waals surface area contributed by atoms with E-state index in [1.807, 2.05) is 0 Å². The number of fused-ring (bicyclic) bond motifs is 21. The Labute approximate surface area is 670 Å². The molecule has 0 radical (unpaired) electrons. The van der Waals surface area contributed by atoms with Crippen LogP contribution in [0, 0.1) is 0 Å². The molecule has 6 nitrogen and oxygen atoms in total. The van der Waals surface area contributed by atoms with E-state index >= 15 is 0 Å². The van der Waals surface area contributed by atoms with E-state index < -0.39 is 0 Å². The second kappa shape index (κ2) is 23.9. The van der Waals surface area contributed by atoms with E-state index in [9.17, 15) is 0 Å². The van der Waals surface area contributed by atoms with Gasteiger partial charge in [0.15, 0.2) is 5.82 Å². The molecular formula is C110H72N6. The maximum Gasteiger partial charge on any atom is 0.160 e. The molecule has 542 valence electrons. The standard InChI is InChI=1S/C110H72N6/c1-109(2)92-34-14-8-26-77(92)79-50-48-74(63-94(79)109)115-98-38-18-12-30-83(98)90-61-69(44-56-102(90)115)67-42-54-100-88(59-67)81-28-10-16-36-96(81)113(100)72-46-40-65(41-47-72)76-52-53-86-104-85(76)32-21-33-87(104)107-105(86)106(66-22-6-5-7-23-66)111-108(112-107)71-24-20-25-73(58-71)114-97-37-17-11-29-82(97)89-60-68(43-55-101(89)114)70-45-57-103-91(62-70)84-31-13-19-39-99(84)116(103)75-49-51-80-78-27-9-15-35-93(78)110(3,4)95(80)64-75/h5-64H,1-4H3. The topological polar surface area (TPSA) is 45.5 Å². The first kappa shape index (κ1) is 64.9. The van der Waals surface area contributed by atoms with Gasteiger partial charge >= 0.3 is 0 Å². The molecule has 3 aliphatic rings. The van der Waals surface area contributed by atoms with Gasteiger partial charge in [0.25, 0.3) is 0 Å². The van der Waals surface area contributed by atoms with Crippen LogP contribution in [-0.4, -0.2) is 28.2 Å². The third-order valence-electron chi connectivity index (χ3n) is 26.3. The lowest BCUT2D eigenvalue weighted by atomic mass is 9.82. The van der Waals surface area contributed by atoms with E-state index in [1.165, 1.54) is 171 Å². The number of benzene rings is 17. The molecule has 0 bridgehead atoms. The Morgan fingerprint density at radius 1 is 0.198 bits per heavy atom. The molecule has 0 saturated heterocycles. The second-order valence-corrected chi connectivity index (χ2v) is 33.1. The van der Waals surface area contributed by atoms with Gasteiger partial charge in [-0.2, -0.15) is 0 Å². The monoisotopic (exact) mass is 1480 g/mol. The Bertz CT molecular complexity index is 8070. The smallest absolute Gasteiger partial charge is 0.160 e. The highest BCUT2D eigenvalue weighted by Crippen LogP contribution is 2.55. The Morgan fingerprint density at radius 2 is 0.543 bits per heavy atom. The number of aromatic nitrogens is 6. The lowest BCUT2D eigenvalue weighted by molar-refractivity contribution is 0.660. The first-order valence-corrected chi connectivity index (χ1v) is 40.4. The van der Waals surface area contributed by atoms with Crippen LogP contribution in [0.4, 0.5) is 0 Å². The van der Waals surface area contributed by atoms with Crippen LogP contribution in [0.5, 0.6) is 0 Å². The van der Waals surface area contributed by atoms with Crippen molar-refractivity contribution in [3.63, 3.8) is 0 Å². The molecule has 0 unspecified atom stereocenters. The molecule has 0 saturated carbocycles. The van der Waals surface area contributed by atoms with Gasteiger partial charge in [-0.3, -0.25) is 0 Å². The van der Waals surface area contributed by atoms with Crippen LogP contribution in [0.2, 0.25) is 0 Å². The minimum atomic E-state index is -0.102. The fourth-order valence-corrected chi connectivity index (χ4v) is 20.9. The number of para-hydroxylation sites is 4. The SMILES string of the molecule is CC1(C)c2ccccc2-c2ccc(-n3c4ccccc4c4cc(-c5ccc6c(c5)c5ccccc5n6-c5ccc(-c6ccc7c8c(cccc68)-c6nc(-c8cccc(-n9c%10ccccc%10c%10cc(-c%11ccc%12c(c%11)c%11ccccc%11n%12-c%11ccc%12c(c%11)C(C)(C)c%11ccccc%11-%12)ccc%109)c8)nc(-c8ccccc8)c6-7)cc5)ccc43)cc21. The van der Waals surface area contributed by atoms with Crippen LogP contribution in [0.25, 0.3) is 221 Å². The van der Waals surface area contributed by atoms with Crippen molar-refractivity contribution >= 4 is 98.0 Å². The molecule has 0 spiro atoms. The zero-order chi connectivity index (χ0) is 76.6. The fourth-order valence-electron chi connectivity index (χ4n) is 20.9. The van der Waals surface area contributed by atoms with Crippen molar-refractivity contribution in [3.05, 3.63) is 386 Å². The summed E-state index contributed by atoms with van der Waals surface area (Å²) in [5, 5.41) is 12.2. The zero-order valence-electron chi connectivity index (χ0n) is 64.3. The van der Waals surface area contributed by atoms with E-state index in [4.69, 9.17) is 9.97 Å². The summed E-state index contributed by atoms with van der Waals surface area (Å²) in [6.45, 7) is 9.45. The van der Waals surface area contributed by atoms with Gasteiger partial charge in [0.2, 0.25) is 0 Å². The van der Waals surface area contributed by atoms with Gasteiger partial charge in [0.05, 0.1) is 55.5 Å². The van der Waals surface area contributed by atoms with E-state index in [1.54, 1.807) is 0 Å². The van der Waals surface area contributed by atoms with Crippen molar-refractivity contribution in [1.82, 2.24) is 28.2 Å². The summed E-state index contributed by atoms with van der Waals surface area (Å²) in [4.78, 5) is 11.3. The van der Waals surface area contributed by atoms with Gasteiger partial charge in [-0.15, -0.1) is 0 Å². The Balaban J connectivity index is 0.544. The summed E-state index contributed by atoms with van der Waals surface area (Å²) in [6.07, 6.45) is 0. The van der Waals surface area contributed by atoms with Gasteiger partial charge in [0, 0.05) is 98.9 Å². The van der Waals surface area contributed by atoms with Crippen LogP contribution in [0.1, 0.15) is 49.9 Å². The molecule has 0 fully saturated rings. The summed E-state index contributed by atoms with van der Waals surface area (Å²) in [5.74, 6) is 0.681. The van der Waals surface area contributed by atoms with Gasteiger partial charge in [-0.1, -0.05) is 270 Å². The molecule has 5 aromatic heterocycles. The molecule has 0 atom stereocenters. The van der Waals surface area contributed by atoms with Crippen molar-refractivity contribution in [2.45, 2.75) is 38.5 Å². The first-order chi connectivity index (χ1) is 57.0. The van der Waals surface area contributed by atoms with Crippen LogP contribution < -0.4 is 0 Å². The predicted molar refractivity (Wildman–Crippen MR) is 484 cm³/mol. The van der Waals surface area contributed by atoms with Crippen molar-refractivity contribution in [1.29, 1.82) is 0 Å². The molecular weight excluding hydrogens is 1410 g/mol. The van der Waals surface area contributed by atoms with E-state index in [-0.39, 0.29) is 10.8 Å². The molecule has 3 aliphatic carbocycles. The van der Waals surface area contributed by atoms with Crippen LogP contribution >= 0.6 is 0 Å². The van der Waals surface area contributed by atoms with Crippen LogP contribution in [0.15, 0.2) is 364 Å². The minimum Gasteiger partial charge on any atom is -0.309 e. The molecule has 17 aromatic carbocycles. The highest BCUT2D eigenvalue weighted by molar-refractivity contribution is 6.21. The van der Waals surface area contributed by atoms with Crippen LogP contribution in [0.3, 0.4) is 0 Å². The van der Waals surface area contributed by atoms with Gasteiger partial charge in [0.1, 0.15) is 0 Å². The first-order valence-electron chi connectivity index (χ1n) is 40.4. The second-order valence-electron chi connectivity index (χ2n) is 33.1. The average Bonchev–Trinajstić information content (AvgIpc) is 1.60. The number of rotatable bonds is 9. The summed E-state index contributed by atoms with van der Waals surface area (Å²) >= 11 is 0. The summed E-state index contributed by atoms with van der Waals surface area (Å²) in [5.41, 5.74) is 38.8. The Morgan fingerprint density at radius 3 is 1.03 bits per heavy atom. The van der Waals surface area contributed by atoms with Gasteiger partial charge in [-0.05, 0) is 216 Å². The van der Waals surface area contributed by atoms with Crippen molar-refractivity contribution in [2.75, 3.05) is 0 Å². The maximum atomic E-state index is 5.67. The number of hydrogen-bond donors (Lipinski definition) is 0. The quantitative estimate of drug-likeness (QED) is 0.145. The largest absolute Gasteiger partial charge is 0.309 e. The molecule has 22 aromatic rings. The Hall–Kier alpha value is -14.7. The summed E-state index contributed by atoms with van der Waals surface area (Å²) in [7, 11) is 0. The number of nitrogens with zero attached hydrogens (tertiary/aromatic N) is 6. The normalized spacial score (nSPS) is 13.5. The van der Waals surface area contributed by atoms with Crippen molar-refractivity contribution in [3.8, 4) is 123 Å². The molecule has 5 heterocycles.